The molecule has 0 N–H and O–H groups in total. The van der Waals surface area contributed by atoms with Gasteiger partial charge in [0.25, 0.3) is 0 Å². The van der Waals surface area contributed by atoms with E-state index in [1.807, 2.05) is 36.6 Å². The maximum atomic E-state index is 4.73. The third-order valence-corrected chi connectivity index (χ3v) is 4.40. The molecule has 0 aromatic heterocycles. The number of thioether (sulfide) groups is 1. The molecule has 0 saturated heterocycles. The maximum absolute atomic E-state index is 4.73. The summed E-state index contributed by atoms with van der Waals surface area (Å²) in [6.45, 7) is 4.66. The van der Waals surface area contributed by atoms with Crippen molar-refractivity contribution in [2.45, 2.75) is 5.50 Å². The minimum atomic E-state index is 0.0633. The van der Waals surface area contributed by atoms with Gasteiger partial charge < -0.3 is 4.90 Å². The van der Waals surface area contributed by atoms with E-state index in [4.69, 9.17) is 4.99 Å². The Morgan fingerprint density at radius 1 is 1.05 bits per heavy atom. The van der Waals surface area contributed by atoms with Crippen LogP contribution in [0.15, 0.2) is 83.7 Å². The molecule has 0 fully saturated rings. The van der Waals surface area contributed by atoms with Gasteiger partial charge in [0.1, 0.15) is 0 Å². The largest absolute Gasteiger partial charge is 0.336 e. The van der Waals surface area contributed by atoms with E-state index in [2.05, 4.69) is 53.3 Å². The second-order valence-electron chi connectivity index (χ2n) is 4.96. The van der Waals surface area contributed by atoms with Crippen LogP contribution in [0.1, 0.15) is 11.1 Å². The summed E-state index contributed by atoms with van der Waals surface area (Å²) in [4.78, 5) is 7.00. The number of rotatable bonds is 5. The highest BCUT2D eigenvalue weighted by Gasteiger charge is 2.25. The van der Waals surface area contributed by atoms with Crippen LogP contribution in [0, 0.1) is 0 Å². The molecule has 0 spiro atoms. The standard InChI is InChI=1S/C19H18N2S/c1-2-13-21-18(17-11-7-4-8-12-17)15-22-19(21)20-14-16-9-5-3-6-10-16/h2-12,14-15,19H,1,13H2/b20-14+. The van der Waals surface area contributed by atoms with Crippen molar-refractivity contribution >= 4 is 23.7 Å². The summed E-state index contributed by atoms with van der Waals surface area (Å²) in [5, 5.41) is 2.19. The van der Waals surface area contributed by atoms with Gasteiger partial charge in [-0.3, -0.25) is 4.99 Å². The zero-order valence-electron chi connectivity index (χ0n) is 12.3. The lowest BCUT2D eigenvalue weighted by atomic mass is 10.1. The second kappa shape index (κ2) is 7.14. The van der Waals surface area contributed by atoms with Gasteiger partial charge in [-0.15, -0.1) is 6.58 Å². The van der Waals surface area contributed by atoms with Crippen LogP contribution < -0.4 is 0 Å². The Kier molecular flexibility index (Phi) is 4.76. The summed E-state index contributed by atoms with van der Waals surface area (Å²) in [6, 6.07) is 20.6. The van der Waals surface area contributed by atoms with E-state index in [1.54, 1.807) is 11.8 Å². The molecule has 0 amide bonds. The van der Waals surface area contributed by atoms with Gasteiger partial charge in [0.2, 0.25) is 0 Å². The minimum Gasteiger partial charge on any atom is -0.336 e. The lowest BCUT2D eigenvalue weighted by Crippen LogP contribution is -2.26. The summed E-state index contributed by atoms with van der Waals surface area (Å²) in [5.74, 6) is 0. The molecule has 3 heteroatoms. The summed E-state index contributed by atoms with van der Waals surface area (Å²) in [6.07, 6.45) is 3.86. The molecule has 0 aliphatic carbocycles. The molecule has 0 bridgehead atoms. The number of hydrogen-bond donors (Lipinski definition) is 0. The minimum absolute atomic E-state index is 0.0633. The molecule has 1 heterocycles. The van der Waals surface area contributed by atoms with Crippen LogP contribution in [-0.2, 0) is 0 Å². The molecule has 1 aliphatic rings. The quantitative estimate of drug-likeness (QED) is 0.591. The SMILES string of the molecule is C=CCN1C(c2ccccc2)=CSC1/N=C/c1ccccc1. The zero-order valence-corrected chi connectivity index (χ0v) is 13.1. The van der Waals surface area contributed by atoms with Gasteiger partial charge >= 0.3 is 0 Å². The second-order valence-corrected chi connectivity index (χ2v) is 5.89. The van der Waals surface area contributed by atoms with Crippen molar-refractivity contribution in [1.82, 2.24) is 4.90 Å². The average molecular weight is 306 g/mol. The first-order valence-electron chi connectivity index (χ1n) is 7.25. The van der Waals surface area contributed by atoms with E-state index < -0.39 is 0 Å². The Morgan fingerprint density at radius 2 is 1.73 bits per heavy atom. The van der Waals surface area contributed by atoms with E-state index in [0.29, 0.717) is 0 Å². The van der Waals surface area contributed by atoms with Gasteiger partial charge in [-0.2, -0.15) is 0 Å². The number of benzene rings is 2. The van der Waals surface area contributed by atoms with Crippen molar-refractivity contribution in [3.8, 4) is 0 Å². The normalized spacial score (nSPS) is 17.7. The van der Waals surface area contributed by atoms with Gasteiger partial charge in [0.15, 0.2) is 5.50 Å². The predicted molar refractivity (Wildman–Crippen MR) is 96.7 cm³/mol. The summed E-state index contributed by atoms with van der Waals surface area (Å²) < 4.78 is 0. The molecule has 0 radical (unpaired) electrons. The molecule has 110 valence electrons. The van der Waals surface area contributed by atoms with Gasteiger partial charge in [0.05, 0.1) is 5.70 Å². The monoisotopic (exact) mass is 306 g/mol. The zero-order chi connectivity index (χ0) is 15.2. The van der Waals surface area contributed by atoms with Crippen molar-refractivity contribution in [3.63, 3.8) is 0 Å². The molecule has 3 rings (SSSR count). The average Bonchev–Trinajstić information content (AvgIpc) is 2.98. The Morgan fingerprint density at radius 3 is 2.41 bits per heavy atom. The Labute approximate surface area is 135 Å². The lowest BCUT2D eigenvalue weighted by molar-refractivity contribution is 0.430. The molecule has 0 saturated carbocycles. The summed E-state index contributed by atoms with van der Waals surface area (Å²) in [7, 11) is 0. The van der Waals surface area contributed by atoms with Gasteiger partial charge in [0, 0.05) is 12.8 Å². The Bertz CT molecular complexity index is 677. The third kappa shape index (κ3) is 3.31. The third-order valence-electron chi connectivity index (χ3n) is 3.42. The maximum Gasteiger partial charge on any atom is 0.173 e. The summed E-state index contributed by atoms with van der Waals surface area (Å²) in [5.41, 5.74) is 3.61. The van der Waals surface area contributed by atoms with Gasteiger partial charge in [-0.05, 0) is 16.5 Å². The highest BCUT2D eigenvalue weighted by atomic mass is 32.2. The van der Waals surface area contributed by atoms with Crippen LogP contribution in [0.4, 0.5) is 0 Å². The van der Waals surface area contributed by atoms with Crippen LogP contribution in [0.5, 0.6) is 0 Å². The van der Waals surface area contributed by atoms with Gasteiger partial charge in [-0.25, -0.2) is 0 Å². The molecule has 22 heavy (non-hydrogen) atoms. The van der Waals surface area contributed by atoms with Crippen LogP contribution in [0.3, 0.4) is 0 Å². The molecule has 1 unspecified atom stereocenters. The van der Waals surface area contributed by atoms with Crippen LogP contribution in [0.2, 0.25) is 0 Å². The van der Waals surface area contributed by atoms with E-state index in [9.17, 15) is 0 Å². The fourth-order valence-electron chi connectivity index (χ4n) is 2.36. The summed E-state index contributed by atoms with van der Waals surface area (Å²) >= 11 is 1.73. The van der Waals surface area contributed by atoms with E-state index in [-0.39, 0.29) is 5.50 Å². The molecule has 2 nitrogen and oxygen atoms in total. The molecule has 2 aromatic carbocycles. The molecular weight excluding hydrogens is 288 g/mol. The van der Waals surface area contributed by atoms with E-state index >= 15 is 0 Å². The fraction of sp³-hybridized carbons (Fsp3) is 0.105. The first kappa shape index (κ1) is 14.7. The van der Waals surface area contributed by atoms with Crippen molar-refractivity contribution < 1.29 is 0 Å². The topological polar surface area (TPSA) is 15.6 Å². The molecular formula is C19H18N2S. The van der Waals surface area contributed by atoms with Crippen LogP contribution >= 0.6 is 11.8 Å². The highest BCUT2D eigenvalue weighted by molar-refractivity contribution is 8.03. The molecule has 1 aliphatic heterocycles. The van der Waals surface area contributed by atoms with Crippen LogP contribution in [0.25, 0.3) is 5.70 Å². The van der Waals surface area contributed by atoms with Crippen molar-refractivity contribution in [2.75, 3.05) is 6.54 Å². The smallest absolute Gasteiger partial charge is 0.173 e. The highest BCUT2D eigenvalue weighted by Crippen LogP contribution is 2.37. The first-order valence-corrected chi connectivity index (χ1v) is 8.19. The first-order chi connectivity index (χ1) is 10.9. The number of aliphatic imine (C=N–C) groups is 1. The van der Waals surface area contributed by atoms with Gasteiger partial charge in [-0.1, -0.05) is 78.5 Å². The van der Waals surface area contributed by atoms with E-state index in [0.717, 1.165) is 12.1 Å². The van der Waals surface area contributed by atoms with Crippen molar-refractivity contribution in [2.24, 2.45) is 4.99 Å². The predicted octanol–water partition coefficient (Wildman–Crippen LogP) is 4.62. The number of hydrogen-bond acceptors (Lipinski definition) is 3. The Hall–Kier alpha value is -2.26. The lowest BCUT2D eigenvalue weighted by Gasteiger charge is -2.25. The van der Waals surface area contributed by atoms with Crippen molar-refractivity contribution in [1.29, 1.82) is 0 Å². The Balaban J connectivity index is 1.79. The number of nitrogens with zero attached hydrogens (tertiary/aromatic N) is 2. The molecule has 2 aromatic rings. The van der Waals surface area contributed by atoms with E-state index in [1.165, 1.54) is 11.3 Å². The molecule has 1 atom stereocenters. The van der Waals surface area contributed by atoms with Crippen molar-refractivity contribution in [3.05, 3.63) is 89.9 Å². The fourth-order valence-corrected chi connectivity index (χ4v) is 3.36. The van der Waals surface area contributed by atoms with Crippen LogP contribution in [-0.4, -0.2) is 23.2 Å².